The number of rotatable bonds is 5. The molecule has 1 saturated heterocycles. The molecule has 0 bridgehead atoms. The highest BCUT2D eigenvalue weighted by Crippen LogP contribution is 2.28. The maximum atomic E-state index is 11.6. The number of carbonyl (C=O) groups excluding carboxylic acids is 1. The van der Waals surface area contributed by atoms with Crippen molar-refractivity contribution < 1.29 is 14.6 Å². The van der Waals surface area contributed by atoms with Crippen molar-refractivity contribution >= 4 is 22.6 Å². The van der Waals surface area contributed by atoms with Crippen LogP contribution in [0.3, 0.4) is 0 Å². The third kappa shape index (κ3) is 3.66. The summed E-state index contributed by atoms with van der Waals surface area (Å²) < 4.78 is 4.77. The number of carbonyl (C=O) groups is 1. The molecular formula is C18H23N3O3. The zero-order valence-electron chi connectivity index (χ0n) is 13.9. The summed E-state index contributed by atoms with van der Waals surface area (Å²) in [6.45, 7) is 4.55. The van der Waals surface area contributed by atoms with Crippen LogP contribution in [0.1, 0.15) is 5.69 Å². The third-order valence-corrected chi connectivity index (χ3v) is 4.43. The molecule has 0 atom stereocenters. The molecule has 128 valence electrons. The fourth-order valence-corrected chi connectivity index (χ4v) is 3.14. The normalized spacial score (nSPS) is 15.7. The lowest BCUT2D eigenvalue weighted by atomic mass is 10.1. The highest BCUT2D eigenvalue weighted by Gasteiger charge is 2.19. The van der Waals surface area contributed by atoms with Crippen LogP contribution < -0.4 is 4.90 Å². The Kier molecular flexibility index (Phi) is 5.27. The fourth-order valence-electron chi connectivity index (χ4n) is 3.14. The minimum absolute atomic E-state index is 0.179. The van der Waals surface area contributed by atoms with Gasteiger partial charge in [-0.1, -0.05) is 18.2 Å². The van der Waals surface area contributed by atoms with Crippen molar-refractivity contribution in [2.24, 2.45) is 0 Å². The van der Waals surface area contributed by atoms with Crippen molar-refractivity contribution in [2.75, 3.05) is 51.3 Å². The van der Waals surface area contributed by atoms with Gasteiger partial charge < -0.3 is 14.7 Å². The van der Waals surface area contributed by atoms with Gasteiger partial charge in [0.05, 0.1) is 31.3 Å². The van der Waals surface area contributed by atoms with E-state index < -0.39 is 0 Å². The van der Waals surface area contributed by atoms with Gasteiger partial charge in [0.15, 0.2) is 0 Å². The van der Waals surface area contributed by atoms with Gasteiger partial charge in [0.2, 0.25) is 0 Å². The van der Waals surface area contributed by atoms with Crippen molar-refractivity contribution in [3.63, 3.8) is 0 Å². The van der Waals surface area contributed by atoms with E-state index in [9.17, 15) is 4.79 Å². The fraction of sp³-hybridized carbons (Fsp3) is 0.444. The lowest BCUT2D eigenvalue weighted by Gasteiger charge is -2.36. The second-order valence-electron chi connectivity index (χ2n) is 5.96. The topological polar surface area (TPSA) is 65.9 Å². The Balaban J connectivity index is 1.89. The van der Waals surface area contributed by atoms with Crippen LogP contribution in [0.4, 0.5) is 5.69 Å². The van der Waals surface area contributed by atoms with Crippen LogP contribution in [0.5, 0.6) is 0 Å². The SMILES string of the molecule is COC(=O)Cc1cc(N2CCN(CCO)CC2)c2ccccc2n1. The molecule has 0 aliphatic carbocycles. The van der Waals surface area contributed by atoms with E-state index in [1.165, 1.54) is 7.11 Å². The Morgan fingerprint density at radius 3 is 2.71 bits per heavy atom. The van der Waals surface area contributed by atoms with Gasteiger partial charge in [-0.15, -0.1) is 0 Å². The average molecular weight is 329 g/mol. The highest BCUT2D eigenvalue weighted by molar-refractivity contribution is 5.92. The molecule has 1 N–H and O–H groups in total. The number of para-hydroxylation sites is 1. The smallest absolute Gasteiger partial charge is 0.311 e. The number of hydrogen-bond donors (Lipinski definition) is 1. The zero-order valence-corrected chi connectivity index (χ0v) is 13.9. The number of aliphatic hydroxyl groups is 1. The van der Waals surface area contributed by atoms with Crippen molar-refractivity contribution in [3.8, 4) is 0 Å². The van der Waals surface area contributed by atoms with Gasteiger partial charge in [0, 0.05) is 43.8 Å². The quantitative estimate of drug-likeness (QED) is 0.828. The number of aliphatic hydroxyl groups excluding tert-OH is 1. The van der Waals surface area contributed by atoms with E-state index in [4.69, 9.17) is 9.84 Å². The number of ether oxygens (including phenoxy) is 1. The summed E-state index contributed by atoms with van der Waals surface area (Å²) in [6, 6.07) is 10.0. The second-order valence-corrected chi connectivity index (χ2v) is 5.96. The van der Waals surface area contributed by atoms with Crippen LogP contribution in [0.2, 0.25) is 0 Å². The number of methoxy groups -OCH3 is 1. The number of nitrogens with zero attached hydrogens (tertiary/aromatic N) is 3. The molecule has 0 radical (unpaired) electrons. The van der Waals surface area contributed by atoms with E-state index in [1.54, 1.807) is 0 Å². The van der Waals surface area contributed by atoms with Crippen molar-refractivity contribution in [2.45, 2.75) is 6.42 Å². The summed E-state index contributed by atoms with van der Waals surface area (Å²) >= 11 is 0. The molecule has 6 nitrogen and oxygen atoms in total. The summed E-state index contributed by atoms with van der Waals surface area (Å²) in [6.07, 6.45) is 0.179. The Morgan fingerprint density at radius 1 is 1.25 bits per heavy atom. The Morgan fingerprint density at radius 2 is 2.00 bits per heavy atom. The summed E-state index contributed by atoms with van der Waals surface area (Å²) in [4.78, 5) is 20.8. The van der Waals surface area contributed by atoms with Crippen LogP contribution in [-0.4, -0.2) is 67.4 Å². The minimum Gasteiger partial charge on any atom is -0.469 e. The lowest BCUT2D eigenvalue weighted by Crippen LogP contribution is -2.47. The summed E-state index contributed by atoms with van der Waals surface area (Å²) in [5, 5.41) is 10.2. The molecule has 0 amide bonds. The number of hydrogen-bond acceptors (Lipinski definition) is 6. The molecule has 24 heavy (non-hydrogen) atoms. The van der Waals surface area contributed by atoms with E-state index in [2.05, 4.69) is 20.9 Å². The van der Waals surface area contributed by atoms with Crippen LogP contribution in [0.25, 0.3) is 10.9 Å². The molecule has 1 fully saturated rings. The van der Waals surface area contributed by atoms with E-state index in [0.717, 1.165) is 55.0 Å². The Hall–Kier alpha value is -2.18. The summed E-state index contributed by atoms with van der Waals surface area (Å²) in [5.41, 5.74) is 2.74. The van der Waals surface area contributed by atoms with E-state index >= 15 is 0 Å². The van der Waals surface area contributed by atoms with Gasteiger partial charge >= 0.3 is 5.97 Å². The molecular weight excluding hydrogens is 306 g/mol. The third-order valence-electron chi connectivity index (χ3n) is 4.43. The largest absolute Gasteiger partial charge is 0.469 e. The zero-order chi connectivity index (χ0) is 16.9. The first kappa shape index (κ1) is 16.7. The number of aromatic nitrogens is 1. The van der Waals surface area contributed by atoms with Crippen molar-refractivity contribution in [1.82, 2.24) is 9.88 Å². The molecule has 1 aliphatic heterocycles. The van der Waals surface area contributed by atoms with Crippen LogP contribution >= 0.6 is 0 Å². The predicted molar refractivity (Wildman–Crippen MR) is 93.2 cm³/mol. The molecule has 0 saturated carbocycles. The number of piperazine rings is 1. The van der Waals surface area contributed by atoms with Gasteiger partial charge in [0.1, 0.15) is 0 Å². The summed E-state index contributed by atoms with van der Waals surface area (Å²) in [5.74, 6) is -0.281. The van der Waals surface area contributed by atoms with Gasteiger partial charge in [0.25, 0.3) is 0 Å². The second kappa shape index (κ2) is 7.59. The minimum atomic E-state index is -0.281. The molecule has 1 aliphatic rings. The first-order valence-corrected chi connectivity index (χ1v) is 8.25. The van der Waals surface area contributed by atoms with Crippen molar-refractivity contribution in [1.29, 1.82) is 0 Å². The molecule has 1 aromatic heterocycles. The number of esters is 1. The first-order valence-electron chi connectivity index (χ1n) is 8.25. The first-order chi connectivity index (χ1) is 11.7. The number of β-amino-alcohol motifs (C(OH)–C–C–N with tert-alkyl or cyclic N) is 1. The number of fused-ring (bicyclic) bond motifs is 1. The van der Waals surface area contributed by atoms with E-state index in [-0.39, 0.29) is 19.0 Å². The van der Waals surface area contributed by atoms with Crippen LogP contribution in [0, 0.1) is 0 Å². The molecule has 6 heteroatoms. The highest BCUT2D eigenvalue weighted by atomic mass is 16.5. The number of benzene rings is 1. The molecule has 3 rings (SSSR count). The van der Waals surface area contributed by atoms with E-state index in [0.29, 0.717) is 0 Å². The average Bonchev–Trinajstić information content (AvgIpc) is 2.62. The van der Waals surface area contributed by atoms with Crippen LogP contribution in [0.15, 0.2) is 30.3 Å². The van der Waals surface area contributed by atoms with Gasteiger partial charge in [-0.05, 0) is 12.1 Å². The number of pyridine rings is 1. The van der Waals surface area contributed by atoms with E-state index in [1.807, 2.05) is 24.3 Å². The molecule has 2 aromatic rings. The van der Waals surface area contributed by atoms with Gasteiger partial charge in [-0.2, -0.15) is 0 Å². The number of anilines is 1. The maximum Gasteiger partial charge on any atom is 0.311 e. The molecule has 1 aromatic carbocycles. The Labute approximate surface area is 141 Å². The molecule has 0 unspecified atom stereocenters. The molecule has 2 heterocycles. The van der Waals surface area contributed by atoms with Crippen molar-refractivity contribution in [3.05, 3.63) is 36.0 Å². The standard InChI is InChI=1S/C18H23N3O3/c1-24-18(23)13-14-12-17(15-4-2-3-5-16(15)19-14)21-8-6-20(7-9-21)10-11-22/h2-5,12,22H,6-11,13H2,1H3. The maximum absolute atomic E-state index is 11.6. The van der Waals surface area contributed by atoms with Gasteiger partial charge in [-0.25, -0.2) is 0 Å². The van der Waals surface area contributed by atoms with Crippen LogP contribution in [-0.2, 0) is 16.0 Å². The Bertz CT molecular complexity index is 712. The summed E-state index contributed by atoms with van der Waals surface area (Å²) in [7, 11) is 1.39. The lowest BCUT2D eigenvalue weighted by molar-refractivity contribution is -0.139. The predicted octanol–water partition coefficient (Wildman–Crippen LogP) is 1.06. The molecule has 0 spiro atoms. The monoisotopic (exact) mass is 329 g/mol. The van der Waals surface area contributed by atoms with Gasteiger partial charge in [-0.3, -0.25) is 14.7 Å².